The summed E-state index contributed by atoms with van der Waals surface area (Å²) in [5.74, 6) is 1.86. The second kappa shape index (κ2) is 11.7. The molecule has 0 saturated carbocycles. The monoisotopic (exact) mass is 524 g/mol. The minimum atomic E-state index is -0.0321. The van der Waals surface area contributed by atoms with Crippen molar-refractivity contribution in [3.05, 3.63) is 87.4 Å². The standard InChI is InChI=1S/C30H34Cl2N2O2/c1-19(2)30(35)33-25-9-5-20(3)27(18-25)23-13-15-34(16-14-23)21(4)22-6-10-26(11-7-22)36-29-12-8-24(31)17-28(29)32/h5-12,17-19,21,23H,13-16H2,1-4H3,(H,33,35). The molecule has 1 atom stereocenters. The van der Waals surface area contributed by atoms with Crippen molar-refractivity contribution in [2.24, 2.45) is 5.92 Å². The van der Waals surface area contributed by atoms with Gasteiger partial charge in [0.15, 0.2) is 0 Å². The van der Waals surface area contributed by atoms with E-state index in [1.165, 1.54) is 16.7 Å². The van der Waals surface area contributed by atoms with E-state index < -0.39 is 0 Å². The van der Waals surface area contributed by atoms with Crippen LogP contribution in [0.5, 0.6) is 11.5 Å². The first-order valence-corrected chi connectivity index (χ1v) is 13.3. The largest absolute Gasteiger partial charge is 0.456 e. The zero-order chi connectivity index (χ0) is 25.8. The maximum Gasteiger partial charge on any atom is 0.226 e. The number of halogens is 2. The van der Waals surface area contributed by atoms with Gasteiger partial charge in [0.05, 0.1) is 5.02 Å². The predicted octanol–water partition coefficient (Wildman–Crippen LogP) is 8.63. The number of carbonyl (C=O) groups excluding carboxylic acids is 1. The zero-order valence-electron chi connectivity index (χ0n) is 21.4. The molecule has 1 aliphatic rings. The van der Waals surface area contributed by atoms with Gasteiger partial charge in [-0.3, -0.25) is 9.69 Å². The van der Waals surface area contributed by atoms with Gasteiger partial charge in [-0.2, -0.15) is 0 Å². The molecule has 4 nitrogen and oxygen atoms in total. The second-order valence-electron chi connectivity index (χ2n) is 9.95. The Morgan fingerprint density at radius 2 is 1.67 bits per heavy atom. The van der Waals surface area contributed by atoms with Crippen LogP contribution < -0.4 is 10.1 Å². The van der Waals surface area contributed by atoms with E-state index in [1.54, 1.807) is 18.2 Å². The number of amides is 1. The van der Waals surface area contributed by atoms with Gasteiger partial charge in [0.1, 0.15) is 11.5 Å². The van der Waals surface area contributed by atoms with Gasteiger partial charge in [-0.25, -0.2) is 0 Å². The molecule has 0 aliphatic carbocycles. The Hall–Kier alpha value is -2.53. The molecule has 190 valence electrons. The Kier molecular flexibility index (Phi) is 8.61. The average Bonchev–Trinajstić information content (AvgIpc) is 2.87. The van der Waals surface area contributed by atoms with Crippen molar-refractivity contribution >= 4 is 34.8 Å². The first-order chi connectivity index (χ1) is 17.2. The third kappa shape index (κ3) is 6.42. The predicted molar refractivity (Wildman–Crippen MR) is 150 cm³/mol. The fourth-order valence-electron chi connectivity index (χ4n) is 4.75. The molecule has 1 aliphatic heterocycles. The molecule has 0 aromatic heterocycles. The smallest absolute Gasteiger partial charge is 0.226 e. The fraction of sp³-hybridized carbons (Fsp3) is 0.367. The van der Waals surface area contributed by atoms with Gasteiger partial charge in [0.25, 0.3) is 0 Å². The van der Waals surface area contributed by atoms with Gasteiger partial charge in [-0.15, -0.1) is 0 Å². The van der Waals surface area contributed by atoms with Crippen LogP contribution >= 0.6 is 23.2 Å². The van der Waals surface area contributed by atoms with Gasteiger partial charge in [0, 0.05) is 22.7 Å². The fourth-order valence-corrected chi connectivity index (χ4v) is 5.20. The van der Waals surface area contributed by atoms with Crippen LogP contribution in [0.15, 0.2) is 60.7 Å². The quantitative estimate of drug-likeness (QED) is 0.336. The van der Waals surface area contributed by atoms with Crippen molar-refractivity contribution in [2.45, 2.75) is 52.5 Å². The molecule has 0 spiro atoms. The number of piperidine rings is 1. The summed E-state index contributed by atoms with van der Waals surface area (Å²) in [6, 6.07) is 20.1. The van der Waals surface area contributed by atoms with E-state index in [9.17, 15) is 4.79 Å². The molecule has 1 N–H and O–H groups in total. The molecule has 3 aromatic carbocycles. The summed E-state index contributed by atoms with van der Waals surface area (Å²) >= 11 is 12.2. The van der Waals surface area contributed by atoms with E-state index in [-0.39, 0.29) is 11.8 Å². The van der Waals surface area contributed by atoms with Crippen LogP contribution in [-0.4, -0.2) is 23.9 Å². The molecule has 3 aromatic rings. The Labute approximate surface area is 224 Å². The summed E-state index contributed by atoms with van der Waals surface area (Å²) in [7, 11) is 0. The number of aryl methyl sites for hydroxylation is 1. The summed E-state index contributed by atoms with van der Waals surface area (Å²) in [5.41, 5.74) is 4.80. The normalized spacial score (nSPS) is 15.6. The van der Waals surface area contributed by atoms with E-state index in [4.69, 9.17) is 27.9 Å². The highest BCUT2D eigenvalue weighted by Gasteiger charge is 2.26. The summed E-state index contributed by atoms with van der Waals surface area (Å²) in [6.45, 7) is 10.3. The number of anilines is 1. The maximum atomic E-state index is 12.1. The molecule has 1 saturated heterocycles. The Morgan fingerprint density at radius 3 is 2.31 bits per heavy atom. The van der Waals surface area contributed by atoms with Crippen LogP contribution in [0.4, 0.5) is 5.69 Å². The number of hydrogen-bond donors (Lipinski definition) is 1. The van der Waals surface area contributed by atoms with Crippen molar-refractivity contribution in [1.29, 1.82) is 0 Å². The summed E-state index contributed by atoms with van der Waals surface area (Å²) < 4.78 is 5.93. The number of ether oxygens (including phenoxy) is 1. The van der Waals surface area contributed by atoms with Gasteiger partial charge < -0.3 is 10.1 Å². The second-order valence-corrected chi connectivity index (χ2v) is 10.8. The minimum Gasteiger partial charge on any atom is -0.456 e. The topological polar surface area (TPSA) is 41.6 Å². The molecule has 1 amide bonds. The molecular weight excluding hydrogens is 491 g/mol. The number of nitrogens with one attached hydrogen (secondary N) is 1. The molecule has 6 heteroatoms. The molecule has 36 heavy (non-hydrogen) atoms. The lowest BCUT2D eigenvalue weighted by atomic mass is 9.86. The van der Waals surface area contributed by atoms with E-state index in [0.29, 0.717) is 27.8 Å². The van der Waals surface area contributed by atoms with Crippen molar-refractivity contribution in [3.8, 4) is 11.5 Å². The Balaban J connectivity index is 1.36. The van der Waals surface area contributed by atoms with Crippen LogP contribution in [0, 0.1) is 12.8 Å². The lowest BCUT2D eigenvalue weighted by Gasteiger charge is -2.37. The van der Waals surface area contributed by atoms with Gasteiger partial charge >= 0.3 is 0 Å². The molecular formula is C30H34Cl2N2O2. The highest BCUT2D eigenvalue weighted by Crippen LogP contribution is 2.36. The van der Waals surface area contributed by atoms with Crippen LogP contribution in [0.2, 0.25) is 10.0 Å². The average molecular weight is 526 g/mol. The minimum absolute atomic E-state index is 0.0321. The van der Waals surface area contributed by atoms with E-state index >= 15 is 0 Å². The number of hydrogen-bond acceptors (Lipinski definition) is 3. The SMILES string of the molecule is Cc1ccc(NC(=O)C(C)C)cc1C1CCN(C(C)c2ccc(Oc3ccc(Cl)cc3Cl)cc2)CC1. The zero-order valence-corrected chi connectivity index (χ0v) is 22.9. The third-order valence-corrected chi connectivity index (χ3v) is 7.60. The van der Waals surface area contributed by atoms with E-state index in [2.05, 4.69) is 48.3 Å². The Bertz CT molecular complexity index is 1200. The molecule has 1 fully saturated rings. The summed E-state index contributed by atoms with van der Waals surface area (Å²) in [6.07, 6.45) is 2.20. The van der Waals surface area contributed by atoms with Crippen LogP contribution in [0.3, 0.4) is 0 Å². The van der Waals surface area contributed by atoms with Crippen LogP contribution in [-0.2, 0) is 4.79 Å². The molecule has 1 unspecified atom stereocenters. The number of rotatable bonds is 7. The first kappa shape index (κ1) is 26.5. The highest BCUT2D eigenvalue weighted by atomic mass is 35.5. The number of carbonyl (C=O) groups is 1. The lowest BCUT2D eigenvalue weighted by molar-refractivity contribution is -0.118. The van der Waals surface area contributed by atoms with E-state index in [1.807, 2.05) is 32.0 Å². The van der Waals surface area contributed by atoms with Gasteiger partial charge in [-0.1, -0.05) is 55.2 Å². The molecule has 0 radical (unpaired) electrons. The van der Waals surface area contributed by atoms with Crippen molar-refractivity contribution in [3.63, 3.8) is 0 Å². The molecule has 4 rings (SSSR count). The number of nitrogens with zero attached hydrogens (tertiary/aromatic N) is 1. The highest BCUT2D eigenvalue weighted by molar-refractivity contribution is 6.35. The lowest BCUT2D eigenvalue weighted by Crippen LogP contribution is -2.35. The molecule has 1 heterocycles. The first-order valence-electron chi connectivity index (χ1n) is 12.6. The number of likely N-dealkylation sites (tertiary alicyclic amines) is 1. The van der Waals surface area contributed by atoms with Crippen molar-refractivity contribution in [1.82, 2.24) is 4.90 Å². The third-order valence-electron chi connectivity index (χ3n) is 7.07. The summed E-state index contributed by atoms with van der Waals surface area (Å²) in [4.78, 5) is 14.7. The number of benzene rings is 3. The van der Waals surface area contributed by atoms with Crippen LogP contribution in [0.1, 0.15) is 62.3 Å². The van der Waals surface area contributed by atoms with Crippen LogP contribution in [0.25, 0.3) is 0 Å². The van der Waals surface area contributed by atoms with E-state index in [0.717, 1.165) is 37.4 Å². The maximum absolute atomic E-state index is 12.1. The Morgan fingerprint density at radius 1 is 0.972 bits per heavy atom. The summed E-state index contributed by atoms with van der Waals surface area (Å²) in [5, 5.41) is 4.12. The van der Waals surface area contributed by atoms with Gasteiger partial charge in [-0.05, 0) is 105 Å². The van der Waals surface area contributed by atoms with Crippen molar-refractivity contribution in [2.75, 3.05) is 18.4 Å². The molecule has 0 bridgehead atoms. The van der Waals surface area contributed by atoms with Crippen molar-refractivity contribution < 1.29 is 9.53 Å². The van der Waals surface area contributed by atoms with Gasteiger partial charge in [0.2, 0.25) is 5.91 Å².